The zero-order valence-corrected chi connectivity index (χ0v) is 11.4. The van der Waals surface area contributed by atoms with E-state index in [0.29, 0.717) is 0 Å². The van der Waals surface area contributed by atoms with Crippen molar-refractivity contribution in [3.8, 4) is 0 Å². The van der Waals surface area contributed by atoms with Gasteiger partial charge in [-0.3, -0.25) is 10.1 Å². The van der Waals surface area contributed by atoms with E-state index in [4.69, 9.17) is 0 Å². The van der Waals surface area contributed by atoms with Gasteiger partial charge in [0.1, 0.15) is 6.04 Å². The molecule has 1 saturated heterocycles. The average molecular weight is 266 g/mol. The van der Waals surface area contributed by atoms with Crippen LogP contribution in [0.15, 0.2) is 60.7 Å². The summed E-state index contributed by atoms with van der Waals surface area (Å²) in [5.74, 6) is 0.0781. The summed E-state index contributed by atoms with van der Waals surface area (Å²) in [5, 5.41) is 6.34. The number of hydrogen-bond acceptors (Lipinski definition) is 2. The smallest absolute Gasteiger partial charge is 0.239 e. The van der Waals surface area contributed by atoms with Crippen molar-refractivity contribution in [1.82, 2.24) is 10.6 Å². The lowest BCUT2D eigenvalue weighted by Crippen LogP contribution is -2.67. The number of carbonyl (C=O) groups excluding carboxylic acids is 1. The van der Waals surface area contributed by atoms with E-state index in [0.717, 1.165) is 0 Å². The summed E-state index contributed by atoms with van der Waals surface area (Å²) >= 11 is 0. The monoisotopic (exact) mass is 266 g/mol. The Labute approximate surface area is 119 Å². The van der Waals surface area contributed by atoms with Crippen LogP contribution < -0.4 is 10.6 Å². The maximum Gasteiger partial charge on any atom is 0.239 e. The van der Waals surface area contributed by atoms with Crippen molar-refractivity contribution in [2.75, 3.05) is 0 Å². The Hall–Kier alpha value is -2.13. The van der Waals surface area contributed by atoms with E-state index in [1.165, 1.54) is 11.1 Å². The molecule has 20 heavy (non-hydrogen) atoms. The molecule has 0 aliphatic carbocycles. The summed E-state index contributed by atoms with van der Waals surface area (Å²) in [6.07, 6.45) is 0. The van der Waals surface area contributed by atoms with Crippen LogP contribution in [0.4, 0.5) is 0 Å². The first-order valence-electron chi connectivity index (χ1n) is 6.92. The summed E-state index contributed by atoms with van der Waals surface area (Å²) in [5.41, 5.74) is 2.34. The second-order valence-corrected chi connectivity index (χ2v) is 5.20. The molecule has 1 aliphatic rings. The van der Waals surface area contributed by atoms with Gasteiger partial charge in [0.25, 0.3) is 0 Å². The number of amides is 1. The maximum atomic E-state index is 11.7. The molecule has 1 fully saturated rings. The Balaban J connectivity index is 1.90. The highest BCUT2D eigenvalue weighted by Crippen LogP contribution is 2.24. The van der Waals surface area contributed by atoms with Crippen LogP contribution in [0.25, 0.3) is 0 Å². The molecule has 2 N–H and O–H groups in total. The Bertz CT molecular complexity index is 543. The van der Waals surface area contributed by atoms with Crippen LogP contribution in [0.2, 0.25) is 0 Å². The van der Waals surface area contributed by atoms with Gasteiger partial charge in [-0.15, -0.1) is 0 Å². The average Bonchev–Trinajstić information content (AvgIpc) is 2.50. The SMILES string of the molecule is C[C@H]1NC(=O)[C@@H]1NC(c1ccccc1)c1ccccc1. The van der Waals surface area contributed by atoms with E-state index in [9.17, 15) is 4.79 Å². The quantitative estimate of drug-likeness (QED) is 0.833. The van der Waals surface area contributed by atoms with E-state index in [1.807, 2.05) is 43.3 Å². The number of benzene rings is 2. The molecular weight excluding hydrogens is 248 g/mol. The van der Waals surface area contributed by atoms with Crippen LogP contribution in [0.5, 0.6) is 0 Å². The van der Waals surface area contributed by atoms with Crippen LogP contribution in [0, 0.1) is 0 Å². The lowest BCUT2D eigenvalue weighted by atomic mass is 9.94. The van der Waals surface area contributed by atoms with Gasteiger partial charge < -0.3 is 5.32 Å². The predicted molar refractivity (Wildman–Crippen MR) is 79.3 cm³/mol. The molecule has 1 aliphatic heterocycles. The van der Waals surface area contributed by atoms with Gasteiger partial charge in [-0.25, -0.2) is 0 Å². The van der Waals surface area contributed by atoms with E-state index in [2.05, 4.69) is 34.9 Å². The molecule has 0 aromatic heterocycles. The van der Waals surface area contributed by atoms with Crippen LogP contribution in [-0.2, 0) is 4.79 Å². The van der Waals surface area contributed by atoms with Gasteiger partial charge in [0, 0.05) is 0 Å². The summed E-state index contributed by atoms with van der Waals surface area (Å²) in [4.78, 5) is 11.7. The Morgan fingerprint density at radius 1 is 0.950 bits per heavy atom. The fourth-order valence-corrected chi connectivity index (χ4v) is 2.60. The molecule has 1 amide bonds. The first kappa shape index (κ1) is 12.9. The number of nitrogens with one attached hydrogen (secondary N) is 2. The molecule has 1 heterocycles. The van der Waals surface area contributed by atoms with Crippen molar-refractivity contribution >= 4 is 5.91 Å². The Morgan fingerprint density at radius 3 is 1.85 bits per heavy atom. The molecule has 2 aromatic rings. The van der Waals surface area contributed by atoms with Crippen molar-refractivity contribution in [2.45, 2.75) is 25.0 Å². The number of rotatable bonds is 4. The molecule has 102 valence electrons. The number of hydrogen-bond donors (Lipinski definition) is 2. The minimum atomic E-state index is -0.125. The molecule has 0 unspecified atom stereocenters. The number of carbonyl (C=O) groups is 1. The summed E-state index contributed by atoms with van der Waals surface area (Å²) < 4.78 is 0. The van der Waals surface area contributed by atoms with Crippen molar-refractivity contribution in [3.63, 3.8) is 0 Å². The zero-order chi connectivity index (χ0) is 13.9. The summed E-state index contributed by atoms with van der Waals surface area (Å²) in [6.45, 7) is 2.02. The largest absolute Gasteiger partial charge is 0.350 e. The van der Waals surface area contributed by atoms with E-state index < -0.39 is 0 Å². The topological polar surface area (TPSA) is 41.1 Å². The van der Waals surface area contributed by atoms with E-state index in [1.54, 1.807) is 0 Å². The lowest BCUT2D eigenvalue weighted by Gasteiger charge is -2.37. The second-order valence-electron chi connectivity index (χ2n) is 5.20. The first-order chi connectivity index (χ1) is 9.75. The van der Waals surface area contributed by atoms with Crippen molar-refractivity contribution in [2.24, 2.45) is 0 Å². The molecule has 3 nitrogen and oxygen atoms in total. The molecule has 3 rings (SSSR count). The first-order valence-corrected chi connectivity index (χ1v) is 6.92. The molecule has 2 atom stereocenters. The second kappa shape index (κ2) is 5.47. The van der Waals surface area contributed by atoms with Crippen LogP contribution in [0.1, 0.15) is 24.1 Å². The summed E-state index contributed by atoms with van der Waals surface area (Å²) in [7, 11) is 0. The standard InChI is InChI=1S/C17H18N2O/c1-12-15(17(20)18-12)19-16(13-8-4-2-5-9-13)14-10-6-3-7-11-14/h2-12,15-16,19H,1H3,(H,18,20)/t12-,15-/m1/s1. The fraction of sp³-hybridized carbons (Fsp3) is 0.235. The van der Waals surface area contributed by atoms with Gasteiger partial charge in [0.15, 0.2) is 0 Å². The lowest BCUT2D eigenvalue weighted by molar-refractivity contribution is -0.131. The van der Waals surface area contributed by atoms with Crippen molar-refractivity contribution in [3.05, 3.63) is 71.8 Å². The highest BCUT2D eigenvalue weighted by molar-refractivity contribution is 5.89. The van der Waals surface area contributed by atoms with Gasteiger partial charge in [-0.2, -0.15) is 0 Å². The predicted octanol–water partition coefficient (Wildman–Crippen LogP) is 2.25. The summed E-state index contributed by atoms with van der Waals surface area (Å²) in [6, 6.07) is 20.6. The third-order valence-electron chi connectivity index (χ3n) is 3.76. The van der Waals surface area contributed by atoms with E-state index >= 15 is 0 Å². The van der Waals surface area contributed by atoms with Crippen molar-refractivity contribution in [1.29, 1.82) is 0 Å². The van der Waals surface area contributed by atoms with Gasteiger partial charge in [-0.05, 0) is 18.1 Å². The minimum Gasteiger partial charge on any atom is -0.350 e. The van der Waals surface area contributed by atoms with Gasteiger partial charge in [0.05, 0.1) is 12.1 Å². The number of β-lactam (4-membered cyclic amide) rings is 1. The molecule has 0 bridgehead atoms. The van der Waals surface area contributed by atoms with Gasteiger partial charge in [0.2, 0.25) is 5.91 Å². The highest BCUT2D eigenvalue weighted by atomic mass is 16.2. The third kappa shape index (κ3) is 2.45. The third-order valence-corrected chi connectivity index (χ3v) is 3.76. The Morgan fingerprint density at radius 2 is 1.45 bits per heavy atom. The molecular formula is C17H18N2O. The normalized spacial score (nSPS) is 21.4. The van der Waals surface area contributed by atoms with Gasteiger partial charge in [-0.1, -0.05) is 60.7 Å². The van der Waals surface area contributed by atoms with Crippen molar-refractivity contribution < 1.29 is 4.79 Å². The molecule has 3 heteroatoms. The van der Waals surface area contributed by atoms with E-state index in [-0.39, 0.29) is 24.0 Å². The fourth-order valence-electron chi connectivity index (χ4n) is 2.60. The molecule has 0 spiro atoms. The molecule has 0 radical (unpaired) electrons. The molecule has 2 aromatic carbocycles. The van der Waals surface area contributed by atoms with Gasteiger partial charge >= 0.3 is 0 Å². The molecule has 0 saturated carbocycles. The highest BCUT2D eigenvalue weighted by Gasteiger charge is 2.37. The van der Waals surface area contributed by atoms with Crippen LogP contribution in [-0.4, -0.2) is 18.0 Å². The zero-order valence-electron chi connectivity index (χ0n) is 11.4. The Kier molecular flexibility index (Phi) is 3.52. The minimum absolute atomic E-state index is 0.0379. The maximum absolute atomic E-state index is 11.7. The van der Waals surface area contributed by atoms with Crippen LogP contribution >= 0.6 is 0 Å². The van der Waals surface area contributed by atoms with Crippen LogP contribution in [0.3, 0.4) is 0 Å².